The molecule has 1 amide bonds. The molecule has 1 aromatic carbocycles. The fraction of sp³-hybridized carbons (Fsp3) is 0.263. The number of carbonyl (C=O) groups is 1. The van der Waals surface area contributed by atoms with Crippen molar-refractivity contribution in [2.45, 2.75) is 26.1 Å². The van der Waals surface area contributed by atoms with Crippen molar-refractivity contribution in [1.29, 1.82) is 0 Å². The molecule has 9 heteroatoms. The number of carbonyl (C=O) groups excluding carboxylic acids is 1. The maximum Gasteiger partial charge on any atom is 0.417 e. The van der Waals surface area contributed by atoms with Crippen LogP contribution in [0, 0.1) is 0 Å². The third-order valence-corrected chi connectivity index (χ3v) is 5.20. The van der Waals surface area contributed by atoms with E-state index in [1.165, 1.54) is 11.3 Å². The molecule has 2 N–H and O–H groups in total. The van der Waals surface area contributed by atoms with E-state index < -0.39 is 11.7 Å². The van der Waals surface area contributed by atoms with Crippen LogP contribution in [0.15, 0.2) is 30.5 Å². The number of benzene rings is 1. The van der Waals surface area contributed by atoms with Gasteiger partial charge < -0.3 is 15.0 Å². The highest BCUT2D eigenvalue weighted by Crippen LogP contribution is 2.36. The van der Waals surface area contributed by atoms with Gasteiger partial charge >= 0.3 is 6.18 Å². The van der Waals surface area contributed by atoms with E-state index in [0.717, 1.165) is 29.1 Å². The number of alkyl halides is 3. The van der Waals surface area contributed by atoms with Gasteiger partial charge in [0.15, 0.2) is 5.65 Å². The van der Waals surface area contributed by atoms with Crippen LogP contribution in [0.3, 0.4) is 0 Å². The average Bonchev–Trinajstić information content (AvgIpc) is 3.21. The van der Waals surface area contributed by atoms with Gasteiger partial charge in [0.1, 0.15) is 0 Å². The molecule has 0 aliphatic carbocycles. The van der Waals surface area contributed by atoms with Gasteiger partial charge in [0.25, 0.3) is 0 Å². The Balaban J connectivity index is 1.88. The summed E-state index contributed by atoms with van der Waals surface area (Å²) in [5, 5.41) is -0.0975. The molecule has 2 aromatic heterocycles. The Morgan fingerprint density at radius 3 is 2.71 bits per heavy atom. The zero-order valence-corrected chi connectivity index (χ0v) is 15.6. The molecule has 146 valence electrons. The molecule has 1 aliphatic heterocycles. The van der Waals surface area contributed by atoms with Crippen LogP contribution < -0.4 is 10.6 Å². The average molecular weight is 409 g/mol. The Labute approximate surface area is 163 Å². The minimum absolute atomic E-state index is 0.00913. The van der Waals surface area contributed by atoms with Gasteiger partial charge in [-0.15, -0.1) is 0 Å². The first-order chi connectivity index (χ1) is 13.2. The van der Waals surface area contributed by atoms with Crippen LogP contribution in [0.25, 0.3) is 16.9 Å². The number of nitrogens with two attached hydrogens (primary N) is 1. The Bertz CT molecular complexity index is 1110. The highest BCUT2D eigenvalue weighted by Gasteiger charge is 2.32. The summed E-state index contributed by atoms with van der Waals surface area (Å²) in [4.78, 5) is 17.9. The van der Waals surface area contributed by atoms with Crippen LogP contribution in [0.5, 0.6) is 0 Å². The molecule has 1 aliphatic rings. The first kappa shape index (κ1) is 18.8. The number of anilines is 1. The lowest BCUT2D eigenvalue weighted by Gasteiger charge is -2.14. The van der Waals surface area contributed by atoms with Crippen LogP contribution >= 0.6 is 11.6 Å². The first-order valence-electron chi connectivity index (χ1n) is 8.60. The van der Waals surface area contributed by atoms with Crippen molar-refractivity contribution in [2.24, 2.45) is 5.73 Å². The topological polar surface area (TPSA) is 63.6 Å². The van der Waals surface area contributed by atoms with Gasteiger partial charge in [-0.2, -0.15) is 13.2 Å². The van der Waals surface area contributed by atoms with Crippen LogP contribution in [-0.4, -0.2) is 21.8 Å². The number of hydrogen-bond acceptors (Lipinski definition) is 3. The summed E-state index contributed by atoms with van der Waals surface area (Å²) in [5.74, 6) is -0.0339. The number of pyridine rings is 1. The Hall–Kier alpha value is -2.58. The monoisotopic (exact) mass is 408 g/mol. The third-order valence-electron chi connectivity index (χ3n) is 4.92. The molecule has 28 heavy (non-hydrogen) atoms. The fourth-order valence-corrected chi connectivity index (χ4v) is 3.86. The predicted octanol–water partition coefficient (Wildman–Crippen LogP) is 4.04. The molecular formula is C19H16ClF3N4O. The van der Waals surface area contributed by atoms with Gasteiger partial charge in [-0.05, 0) is 30.2 Å². The minimum Gasteiger partial charge on any atom is -0.325 e. The zero-order valence-electron chi connectivity index (χ0n) is 14.8. The highest BCUT2D eigenvalue weighted by atomic mass is 35.5. The van der Waals surface area contributed by atoms with Gasteiger partial charge in [0.2, 0.25) is 5.91 Å². The third kappa shape index (κ3) is 2.93. The summed E-state index contributed by atoms with van der Waals surface area (Å²) >= 11 is 6.08. The molecular weight excluding hydrogens is 393 g/mol. The molecule has 0 fully saturated rings. The fourth-order valence-electron chi connectivity index (χ4n) is 3.61. The summed E-state index contributed by atoms with van der Waals surface area (Å²) < 4.78 is 40.8. The summed E-state index contributed by atoms with van der Waals surface area (Å²) in [6.07, 6.45) is -2.87. The number of imidazole rings is 1. The number of rotatable bonds is 2. The zero-order chi connectivity index (χ0) is 20.2. The van der Waals surface area contributed by atoms with Crippen molar-refractivity contribution in [3.8, 4) is 11.3 Å². The van der Waals surface area contributed by atoms with Crippen molar-refractivity contribution < 1.29 is 18.0 Å². The van der Waals surface area contributed by atoms with Crippen molar-refractivity contribution in [3.63, 3.8) is 0 Å². The maximum atomic E-state index is 13.2. The molecule has 0 saturated heterocycles. The lowest BCUT2D eigenvalue weighted by molar-refractivity contribution is -0.137. The first-order valence-corrected chi connectivity index (χ1v) is 8.97. The number of aromatic nitrogens is 2. The second-order valence-electron chi connectivity index (χ2n) is 6.64. The molecule has 4 rings (SSSR count). The predicted molar refractivity (Wildman–Crippen MR) is 100 cm³/mol. The molecule has 0 unspecified atom stereocenters. The largest absolute Gasteiger partial charge is 0.417 e. The Morgan fingerprint density at radius 2 is 2.07 bits per heavy atom. The van der Waals surface area contributed by atoms with Crippen LogP contribution in [0.1, 0.15) is 23.7 Å². The summed E-state index contributed by atoms with van der Waals surface area (Å²) in [6.45, 7) is 2.10. The van der Waals surface area contributed by atoms with E-state index in [4.69, 9.17) is 17.3 Å². The van der Waals surface area contributed by atoms with Gasteiger partial charge in [0.05, 0.1) is 22.0 Å². The smallest absolute Gasteiger partial charge is 0.325 e. The number of fused-ring (bicyclic) bond motifs is 2. The Morgan fingerprint density at radius 1 is 1.32 bits per heavy atom. The van der Waals surface area contributed by atoms with Gasteiger partial charge in [-0.1, -0.05) is 17.7 Å². The molecule has 0 bridgehead atoms. The lowest BCUT2D eigenvalue weighted by atomic mass is 10.0. The van der Waals surface area contributed by atoms with Gasteiger partial charge in [0, 0.05) is 37.5 Å². The normalized spacial score (nSPS) is 14.0. The number of hydrogen-bond donors (Lipinski definition) is 1. The van der Waals surface area contributed by atoms with Crippen molar-refractivity contribution in [3.05, 3.63) is 52.3 Å². The highest BCUT2D eigenvalue weighted by molar-refractivity contribution is 6.33. The quantitative estimate of drug-likeness (QED) is 0.696. The second-order valence-corrected chi connectivity index (χ2v) is 7.05. The molecule has 0 spiro atoms. The molecule has 3 aromatic rings. The van der Waals surface area contributed by atoms with E-state index in [-0.39, 0.29) is 23.1 Å². The van der Waals surface area contributed by atoms with Crippen LogP contribution in [0.2, 0.25) is 5.02 Å². The van der Waals surface area contributed by atoms with Crippen molar-refractivity contribution in [2.75, 3.05) is 11.4 Å². The van der Waals surface area contributed by atoms with Crippen LogP contribution in [-0.2, 0) is 23.9 Å². The number of amides is 1. The van der Waals surface area contributed by atoms with E-state index in [9.17, 15) is 18.0 Å². The van der Waals surface area contributed by atoms with E-state index in [2.05, 4.69) is 4.98 Å². The Kier molecular flexibility index (Phi) is 4.35. The summed E-state index contributed by atoms with van der Waals surface area (Å²) in [5.41, 5.74) is 8.65. The lowest BCUT2D eigenvalue weighted by Crippen LogP contribution is -2.25. The minimum atomic E-state index is -4.53. The molecule has 5 nitrogen and oxygen atoms in total. The number of halogens is 4. The molecule has 3 heterocycles. The van der Waals surface area contributed by atoms with Gasteiger partial charge in [-0.3, -0.25) is 4.79 Å². The van der Waals surface area contributed by atoms with Crippen LogP contribution in [0.4, 0.5) is 18.9 Å². The van der Waals surface area contributed by atoms with E-state index in [1.54, 1.807) is 11.0 Å². The molecule has 0 atom stereocenters. The van der Waals surface area contributed by atoms with E-state index >= 15 is 0 Å². The van der Waals surface area contributed by atoms with E-state index in [1.807, 2.05) is 12.1 Å². The SMILES string of the molecule is CC(=O)N1CCc2cc(-c3nc4c(Cl)cc(C(F)(F)F)cn4c3CN)ccc21. The number of nitrogens with zero attached hydrogens (tertiary/aromatic N) is 3. The van der Waals surface area contributed by atoms with Crippen molar-refractivity contribution in [1.82, 2.24) is 9.38 Å². The second kappa shape index (κ2) is 6.49. The summed E-state index contributed by atoms with van der Waals surface area (Å²) in [6, 6.07) is 6.38. The maximum absolute atomic E-state index is 13.2. The molecule has 0 radical (unpaired) electrons. The summed E-state index contributed by atoms with van der Waals surface area (Å²) in [7, 11) is 0. The van der Waals surface area contributed by atoms with Crippen molar-refractivity contribution >= 4 is 28.8 Å². The van der Waals surface area contributed by atoms with Gasteiger partial charge in [-0.25, -0.2) is 4.98 Å². The van der Waals surface area contributed by atoms with E-state index in [0.29, 0.717) is 24.4 Å². The standard InChI is InChI=1S/C19H16ClF3N4O/c1-10(28)26-5-4-11-6-12(2-3-15(11)26)17-16(8-24)27-9-13(19(21,22)23)7-14(20)18(27)25-17/h2-3,6-7,9H,4-5,8,24H2,1H3. The molecule has 0 saturated carbocycles.